The zero-order valence-electron chi connectivity index (χ0n) is 15.4. The molecule has 0 fully saturated rings. The standard InChI is InChI=1S/C21H19FN4O2/c1-26-12-18(27-13-16-5-3-2-4-6-16)20(23-14-26)21-25-24-19(28-21)11-15-7-9-17(22)10-8-15/h2-10,14H,11-13H2,1H3. The van der Waals surface area contributed by atoms with E-state index in [-0.39, 0.29) is 5.82 Å². The number of aliphatic imine (C=N–C) groups is 1. The highest BCUT2D eigenvalue weighted by Crippen LogP contribution is 2.25. The molecule has 0 saturated heterocycles. The number of hydrogen-bond donors (Lipinski definition) is 0. The Morgan fingerprint density at radius 2 is 1.82 bits per heavy atom. The average Bonchev–Trinajstić information content (AvgIpc) is 3.17. The molecule has 0 saturated carbocycles. The zero-order valence-corrected chi connectivity index (χ0v) is 15.4. The maximum absolute atomic E-state index is 13.1. The number of aromatic nitrogens is 2. The Kier molecular flexibility index (Phi) is 5.14. The molecule has 0 bridgehead atoms. The predicted molar refractivity (Wildman–Crippen MR) is 103 cm³/mol. The molecule has 28 heavy (non-hydrogen) atoms. The van der Waals surface area contributed by atoms with Gasteiger partial charge in [0.2, 0.25) is 5.89 Å². The third-order valence-electron chi connectivity index (χ3n) is 4.24. The smallest absolute Gasteiger partial charge is 0.269 e. The normalized spacial score (nSPS) is 13.9. The summed E-state index contributed by atoms with van der Waals surface area (Å²) < 4.78 is 24.8. The van der Waals surface area contributed by atoms with Crippen molar-refractivity contribution in [3.05, 3.63) is 89.1 Å². The van der Waals surface area contributed by atoms with Crippen molar-refractivity contribution in [1.82, 2.24) is 15.1 Å². The number of halogens is 1. The van der Waals surface area contributed by atoms with Gasteiger partial charge in [0.25, 0.3) is 5.89 Å². The van der Waals surface area contributed by atoms with Gasteiger partial charge in [-0.15, -0.1) is 10.2 Å². The topological polar surface area (TPSA) is 63.8 Å². The molecule has 0 unspecified atom stereocenters. The monoisotopic (exact) mass is 378 g/mol. The van der Waals surface area contributed by atoms with Crippen LogP contribution in [0.3, 0.4) is 0 Å². The van der Waals surface area contributed by atoms with Gasteiger partial charge in [-0.1, -0.05) is 42.5 Å². The third kappa shape index (κ3) is 4.25. The molecule has 3 aromatic rings. The van der Waals surface area contributed by atoms with Gasteiger partial charge in [0.15, 0.2) is 5.70 Å². The highest BCUT2D eigenvalue weighted by Gasteiger charge is 2.21. The Morgan fingerprint density at radius 1 is 1.04 bits per heavy atom. The van der Waals surface area contributed by atoms with Crippen molar-refractivity contribution >= 4 is 12.0 Å². The van der Waals surface area contributed by atoms with Crippen molar-refractivity contribution in [3.8, 4) is 0 Å². The van der Waals surface area contributed by atoms with Crippen molar-refractivity contribution in [1.29, 1.82) is 0 Å². The average molecular weight is 378 g/mol. The molecule has 2 aromatic carbocycles. The first-order valence-corrected chi connectivity index (χ1v) is 8.89. The van der Waals surface area contributed by atoms with E-state index >= 15 is 0 Å². The first-order valence-electron chi connectivity index (χ1n) is 8.89. The van der Waals surface area contributed by atoms with E-state index in [4.69, 9.17) is 9.15 Å². The molecule has 0 N–H and O–H groups in total. The van der Waals surface area contributed by atoms with Crippen molar-refractivity contribution < 1.29 is 13.5 Å². The quantitative estimate of drug-likeness (QED) is 0.655. The van der Waals surface area contributed by atoms with Crippen LogP contribution in [-0.2, 0) is 17.8 Å². The van der Waals surface area contributed by atoms with Gasteiger partial charge in [0.1, 0.15) is 18.2 Å². The molecule has 0 radical (unpaired) electrons. The Morgan fingerprint density at radius 3 is 2.61 bits per heavy atom. The van der Waals surface area contributed by atoms with Gasteiger partial charge in [-0.05, 0) is 23.3 Å². The van der Waals surface area contributed by atoms with Gasteiger partial charge >= 0.3 is 0 Å². The summed E-state index contributed by atoms with van der Waals surface area (Å²) in [7, 11) is 1.92. The number of nitrogens with zero attached hydrogens (tertiary/aromatic N) is 4. The number of ether oxygens (including phenoxy) is 1. The van der Waals surface area contributed by atoms with E-state index in [1.807, 2.05) is 42.3 Å². The van der Waals surface area contributed by atoms with E-state index in [1.165, 1.54) is 12.1 Å². The largest absolute Gasteiger partial charge is 0.489 e. The lowest BCUT2D eigenvalue weighted by Gasteiger charge is -2.21. The van der Waals surface area contributed by atoms with E-state index in [0.717, 1.165) is 11.1 Å². The minimum Gasteiger partial charge on any atom is -0.489 e. The first kappa shape index (κ1) is 17.9. The van der Waals surface area contributed by atoms with Crippen molar-refractivity contribution in [3.63, 3.8) is 0 Å². The number of likely N-dealkylation sites (N-methyl/N-ethyl adjacent to an activating group) is 1. The second kappa shape index (κ2) is 8.04. The summed E-state index contributed by atoms with van der Waals surface area (Å²) in [4.78, 5) is 6.33. The van der Waals surface area contributed by atoms with Crippen molar-refractivity contribution in [2.45, 2.75) is 13.0 Å². The fourth-order valence-electron chi connectivity index (χ4n) is 2.80. The second-order valence-corrected chi connectivity index (χ2v) is 6.51. The Labute approximate surface area is 162 Å². The third-order valence-corrected chi connectivity index (χ3v) is 4.24. The lowest BCUT2D eigenvalue weighted by molar-refractivity contribution is 0.181. The maximum atomic E-state index is 13.1. The molecule has 0 atom stereocenters. The van der Waals surface area contributed by atoms with E-state index in [0.29, 0.717) is 42.8 Å². The summed E-state index contributed by atoms with van der Waals surface area (Å²) in [5.74, 6) is 1.14. The molecule has 0 amide bonds. The molecule has 142 valence electrons. The van der Waals surface area contributed by atoms with Gasteiger partial charge in [-0.25, -0.2) is 9.38 Å². The molecule has 0 aliphatic carbocycles. The molecule has 1 aliphatic rings. The first-order chi connectivity index (χ1) is 13.7. The minimum absolute atomic E-state index is 0.277. The highest BCUT2D eigenvalue weighted by molar-refractivity contribution is 5.73. The lowest BCUT2D eigenvalue weighted by Crippen LogP contribution is -2.24. The van der Waals surface area contributed by atoms with Crippen molar-refractivity contribution in [2.24, 2.45) is 4.99 Å². The summed E-state index contributed by atoms with van der Waals surface area (Å²) in [6.07, 6.45) is 2.12. The molecular weight excluding hydrogens is 359 g/mol. The molecular formula is C21H19FN4O2. The van der Waals surface area contributed by atoms with Crippen LogP contribution in [0.25, 0.3) is 5.70 Å². The van der Waals surface area contributed by atoms with Gasteiger partial charge in [0.05, 0.1) is 19.3 Å². The Hall–Kier alpha value is -3.48. The van der Waals surface area contributed by atoms with E-state index in [2.05, 4.69) is 15.2 Å². The molecule has 1 aromatic heterocycles. The van der Waals surface area contributed by atoms with Crippen LogP contribution >= 0.6 is 0 Å². The predicted octanol–water partition coefficient (Wildman–Crippen LogP) is 3.66. The van der Waals surface area contributed by atoms with Crippen LogP contribution < -0.4 is 0 Å². The van der Waals surface area contributed by atoms with E-state index < -0.39 is 0 Å². The van der Waals surface area contributed by atoms with Crippen LogP contribution in [0.5, 0.6) is 0 Å². The fraction of sp³-hybridized carbons (Fsp3) is 0.190. The van der Waals surface area contributed by atoms with E-state index in [9.17, 15) is 4.39 Å². The number of benzene rings is 2. The second-order valence-electron chi connectivity index (χ2n) is 6.51. The maximum Gasteiger partial charge on any atom is 0.269 e. The zero-order chi connectivity index (χ0) is 19.3. The number of rotatable bonds is 6. The summed E-state index contributed by atoms with van der Waals surface area (Å²) in [6.45, 7) is 0.987. The van der Waals surface area contributed by atoms with Crippen LogP contribution in [0.15, 0.2) is 69.8 Å². The van der Waals surface area contributed by atoms with Crippen LogP contribution in [0.1, 0.15) is 22.9 Å². The van der Waals surface area contributed by atoms with Crippen LogP contribution in [-0.4, -0.2) is 35.0 Å². The van der Waals surface area contributed by atoms with E-state index in [1.54, 1.807) is 18.5 Å². The molecule has 6 nitrogen and oxygen atoms in total. The molecule has 4 rings (SSSR count). The van der Waals surface area contributed by atoms with Crippen LogP contribution in [0.2, 0.25) is 0 Å². The van der Waals surface area contributed by atoms with Gasteiger partial charge in [-0.3, -0.25) is 0 Å². The van der Waals surface area contributed by atoms with Gasteiger partial charge in [-0.2, -0.15) is 0 Å². The lowest BCUT2D eigenvalue weighted by atomic mass is 10.1. The number of hydrogen-bond acceptors (Lipinski definition) is 6. The summed E-state index contributed by atoms with van der Waals surface area (Å²) >= 11 is 0. The molecule has 1 aliphatic heterocycles. The molecule has 2 heterocycles. The highest BCUT2D eigenvalue weighted by atomic mass is 19.1. The summed E-state index contributed by atoms with van der Waals surface area (Å²) in [5.41, 5.74) is 2.49. The Balaban J connectivity index is 1.53. The van der Waals surface area contributed by atoms with Crippen LogP contribution in [0.4, 0.5) is 4.39 Å². The van der Waals surface area contributed by atoms with Gasteiger partial charge < -0.3 is 14.1 Å². The fourth-order valence-corrected chi connectivity index (χ4v) is 2.80. The minimum atomic E-state index is -0.277. The van der Waals surface area contributed by atoms with Crippen LogP contribution in [0, 0.1) is 5.82 Å². The van der Waals surface area contributed by atoms with Gasteiger partial charge in [0, 0.05) is 7.05 Å². The SMILES string of the molecule is CN1C=NC(c2nnc(Cc3ccc(F)cc3)o2)=C(OCc2ccccc2)C1. The molecule has 7 heteroatoms. The Bertz CT molecular complexity index is 997. The summed E-state index contributed by atoms with van der Waals surface area (Å²) in [5, 5.41) is 8.22. The molecule has 0 spiro atoms. The summed E-state index contributed by atoms with van der Waals surface area (Å²) in [6, 6.07) is 16.1. The van der Waals surface area contributed by atoms with Crippen molar-refractivity contribution in [2.75, 3.05) is 13.6 Å².